The van der Waals surface area contributed by atoms with E-state index in [1.165, 1.54) is 4.90 Å². The van der Waals surface area contributed by atoms with E-state index in [2.05, 4.69) is 10.6 Å². The van der Waals surface area contributed by atoms with Crippen LogP contribution >= 0.6 is 12.2 Å². The molecule has 168 valence electrons. The van der Waals surface area contributed by atoms with Crippen LogP contribution in [0.3, 0.4) is 0 Å². The Hall–Kier alpha value is -4.03. The van der Waals surface area contributed by atoms with Crippen molar-refractivity contribution in [3.8, 4) is 11.8 Å². The molecule has 0 radical (unpaired) electrons. The van der Waals surface area contributed by atoms with Crippen LogP contribution in [-0.2, 0) is 14.4 Å². The lowest BCUT2D eigenvalue weighted by molar-refractivity contribution is -0.131. The van der Waals surface area contributed by atoms with Gasteiger partial charge in [0.2, 0.25) is 11.8 Å². The zero-order valence-corrected chi connectivity index (χ0v) is 19.2. The van der Waals surface area contributed by atoms with Crippen LogP contribution in [0, 0.1) is 31.1 Å². The molecule has 3 amide bonds. The number of nitriles is 1. The van der Waals surface area contributed by atoms with Crippen LogP contribution in [0.25, 0.3) is 0 Å². The van der Waals surface area contributed by atoms with Crippen molar-refractivity contribution in [3.63, 3.8) is 0 Å². The number of aryl methyl sites for hydroxylation is 2. The standard InChI is InChI=1S/C24H22N4O4S/c1-4-32-19-9-6-17(7-10-19)26-21(29)16(13-25)12-20-22(30)27-24(33)28(23(20)31)18-8-5-14(2)15(3)11-18/h5-12,20H,4H2,1-3H3,(H,26,29)(H,27,30,33)/b16-12+/t20-/m0/s1. The predicted molar refractivity (Wildman–Crippen MR) is 128 cm³/mol. The second-order valence-electron chi connectivity index (χ2n) is 7.32. The summed E-state index contributed by atoms with van der Waals surface area (Å²) in [4.78, 5) is 39.5. The number of anilines is 2. The predicted octanol–water partition coefficient (Wildman–Crippen LogP) is 3.15. The molecule has 3 rings (SSSR count). The zero-order valence-electron chi connectivity index (χ0n) is 18.3. The minimum atomic E-state index is -1.39. The van der Waals surface area contributed by atoms with Gasteiger partial charge in [-0.25, -0.2) is 0 Å². The summed E-state index contributed by atoms with van der Waals surface area (Å²) in [5.41, 5.74) is 2.53. The number of hydrogen-bond donors (Lipinski definition) is 2. The van der Waals surface area contributed by atoms with E-state index in [0.29, 0.717) is 23.7 Å². The average molecular weight is 463 g/mol. The second-order valence-corrected chi connectivity index (χ2v) is 7.70. The molecule has 0 spiro atoms. The summed E-state index contributed by atoms with van der Waals surface area (Å²) >= 11 is 5.20. The largest absolute Gasteiger partial charge is 0.494 e. The molecular formula is C24H22N4O4S. The fourth-order valence-corrected chi connectivity index (χ4v) is 3.47. The molecule has 1 heterocycles. The van der Waals surface area contributed by atoms with Gasteiger partial charge in [0.25, 0.3) is 5.91 Å². The van der Waals surface area contributed by atoms with Crippen molar-refractivity contribution in [2.45, 2.75) is 20.8 Å². The third kappa shape index (κ3) is 5.25. The first-order valence-corrected chi connectivity index (χ1v) is 10.6. The Kier molecular flexibility index (Phi) is 7.20. The number of thiocarbonyl (C=S) groups is 1. The van der Waals surface area contributed by atoms with Crippen LogP contribution in [0.1, 0.15) is 18.1 Å². The molecule has 2 N–H and O–H groups in total. The molecule has 2 aromatic rings. The number of ether oxygens (including phenoxy) is 1. The van der Waals surface area contributed by atoms with E-state index in [9.17, 15) is 19.6 Å². The molecule has 1 atom stereocenters. The molecule has 1 aliphatic heterocycles. The molecule has 0 bridgehead atoms. The van der Waals surface area contributed by atoms with E-state index in [1.807, 2.05) is 26.8 Å². The van der Waals surface area contributed by atoms with Crippen LogP contribution in [0.5, 0.6) is 5.75 Å². The third-order valence-electron chi connectivity index (χ3n) is 5.07. The quantitative estimate of drug-likeness (QED) is 0.295. The van der Waals surface area contributed by atoms with Crippen molar-refractivity contribution in [1.29, 1.82) is 5.26 Å². The van der Waals surface area contributed by atoms with Crippen LogP contribution in [0.2, 0.25) is 0 Å². The maximum Gasteiger partial charge on any atom is 0.266 e. The number of hydrogen-bond acceptors (Lipinski definition) is 6. The topological polar surface area (TPSA) is 112 Å². The van der Waals surface area contributed by atoms with Gasteiger partial charge < -0.3 is 15.4 Å². The molecule has 0 unspecified atom stereocenters. The SMILES string of the molecule is CCOc1ccc(NC(=O)/C(C#N)=C/[C@H]2C(=O)NC(=S)N(c3ccc(C)c(C)c3)C2=O)cc1. The number of benzene rings is 2. The molecule has 1 saturated heterocycles. The molecule has 1 aliphatic rings. The van der Waals surface area contributed by atoms with E-state index >= 15 is 0 Å². The van der Waals surface area contributed by atoms with Crippen LogP contribution in [0.15, 0.2) is 54.1 Å². The minimum Gasteiger partial charge on any atom is -0.494 e. The lowest BCUT2D eigenvalue weighted by Crippen LogP contribution is -2.57. The number of carbonyl (C=O) groups excluding carboxylic acids is 3. The van der Waals surface area contributed by atoms with E-state index in [0.717, 1.165) is 17.2 Å². The molecule has 0 aromatic heterocycles. The molecule has 9 heteroatoms. The van der Waals surface area contributed by atoms with Crippen LogP contribution < -0.4 is 20.3 Å². The summed E-state index contributed by atoms with van der Waals surface area (Å²) in [7, 11) is 0. The lowest BCUT2D eigenvalue weighted by Gasteiger charge is -2.31. The van der Waals surface area contributed by atoms with Gasteiger partial charge in [-0.05, 0) is 86.6 Å². The van der Waals surface area contributed by atoms with E-state index in [1.54, 1.807) is 42.5 Å². The van der Waals surface area contributed by atoms with Gasteiger partial charge in [-0.1, -0.05) is 6.07 Å². The van der Waals surface area contributed by atoms with Crippen molar-refractivity contribution in [3.05, 3.63) is 65.2 Å². The lowest BCUT2D eigenvalue weighted by atomic mass is 10.00. The van der Waals surface area contributed by atoms with Crippen LogP contribution in [-0.4, -0.2) is 29.4 Å². The maximum absolute atomic E-state index is 13.2. The normalized spacial score (nSPS) is 16.2. The van der Waals surface area contributed by atoms with Gasteiger partial charge >= 0.3 is 0 Å². The molecule has 1 fully saturated rings. The van der Waals surface area contributed by atoms with Crippen molar-refractivity contribution in [2.24, 2.45) is 5.92 Å². The van der Waals surface area contributed by atoms with E-state index in [-0.39, 0.29) is 10.7 Å². The van der Waals surface area contributed by atoms with Gasteiger partial charge in [0.05, 0.1) is 12.3 Å². The first kappa shape index (κ1) is 23.6. The molecular weight excluding hydrogens is 440 g/mol. The monoisotopic (exact) mass is 462 g/mol. The Balaban J connectivity index is 1.84. The van der Waals surface area contributed by atoms with Gasteiger partial charge in [-0.15, -0.1) is 0 Å². The zero-order chi connectivity index (χ0) is 24.1. The molecule has 0 saturated carbocycles. The Labute approximate surface area is 196 Å². The Morgan fingerprint density at radius 1 is 1.21 bits per heavy atom. The van der Waals surface area contributed by atoms with E-state index in [4.69, 9.17) is 17.0 Å². The number of rotatable bonds is 6. The second kappa shape index (κ2) is 10.1. The highest BCUT2D eigenvalue weighted by Gasteiger charge is 2.39. The highest BCUT2D eigenvalue weighted by atomic mass is 32.1. The van der Waals surface area contributed by atoms with Gasteiger partial charge in [0.15, 0.2) is 5.11 Å². The maximum atomic E-state index is 13.2. The van der Waals surface area contributed by atoms with Gasteiger partial charge in [-0.2, -0.15) is 5.26 Å². The molecule has 33 heavy (non-hydrogen) atoms. The fourth-order valence-electron chi connectivity index (χ4n) is 3.18. The summed E-state index contributed by atoms with van der Waals surface area (Å²) in [6, 6.07) is 13.7. The first-order valence-electron chi connectivity index (χ1n) is 10.2. The smallest absolute Gasteiger partial charge is 0.266 e. The van der Waals surface area contributed by atoms with Crippen molar-refractivity contribution in [1.82, 2.24) is 5.32 Å². The van der Waals surface area contributed by atoms with Crippen molar-refractivity contribution in [2.75, 3.05) is 16.8 Å². The van der Waals surface area contributed by atoms with Crippen molar-refractivity contribution >= 4 is 46.4 Å². The number of nitrogens with one attached hydrogen (secondary N) is 2. The summed E-state index contributed by atoms with van der Waals surface area (Å²) in [5.74, 6) is -2.84. The first-order chi connectivity index (χ1) is 15.7. The molecule has 0 aliphatic carbocycles. The Bertz CT molecular complexity index is 1200. The highest BCUT2D eigenvalue weighted by Crippen LogP contribution is 2.25. The van der Waals surface area contributed by atoms with Gasteiger partial charge in [0.1, 0.15) is 23.3 Å². The third-order valence-corrected chi connectivity index (χ3v) is 5.36. The van der Waals surface area contributed by atoms with E-state index < -0.39 is 23.6 Å². The highest BCUT2D eigenvalue weighted by molar-refractivity contribution is 7.80. The number of amides is 3. The van der Waals surface area contributed by atoms with Gasteiger partial charge in [-0.3, -0.25) is 19.3 Å². The van der Waals surface area contributed by atoms with Gasteiger partial charge in [0, 0.05) is 5.69 Å². The summed E-state index contributed by atoms with van der Waals surface area (Å²) in [6.45, 7) is 6.19. The molecule has 2 aromatic carbocycles. The molecule has 8 nitrogen and oxygen atoms in total. The summed E-state index contributed by atoms with van der Waals surface area (Å²) < 4.78 is 5.35. The minimum absolute atomic E-state index is 0.0600. The van der Waals surface area contributed by atoms with Crippen molar-refractivity contribution < 1.29 is 19.1 Å². The number of nitrogens with zero attached hydrogens (tertiary/aromatic N) is 2. The Morgan fingerprint density at radius 3 is 2.52 bits per heavy atom. The number of carbonyl (C=O) groups is 3. The average Bonchev–Trinajstić information content (AvgIpc) is 2.77. The summed E-state index contributed by atoms with van der Waals surface area (Å²) in [6.07, 6.45) is 1.05. The fraction of sp³-hybridized carbons (Fsp3) is 0.208. The summed E-state index contributed by atoms with van der Waals surface area (Å²) in [5, 5.41) is 14.5. The van der Waals surface area contributed by atoms with Crippen LogP contribution in [0.4, 0.5) is 11.4 Å². The Morgan fingerprint density at radius 2 is 1.91 bits per heavy atom.